The molecule has 0 aliphatic rings. The van der Waals surface area contributed by atoms with E-state index in [9.17, 15) is 4.79 Å². The Bertz CT molecular complexity index is 360. The Labute approximate surface area is 95.5 Å². The third-order valence-electron chi connectivity index (χ3n) is 2.68. The van der Waals surface area contributed by atoms with E-state index < -0.39 is 0 Å². The molecule has 1 aromatic rings. The minimum absolute atomic E-state index is 0.0519. The van der Waals surface area contributed by atoms with Gasteiger partial charge in [0.05, 0.1) is 12.6 Å². The summed E-state index contributed by atoms with van der Waals surface area (Å²) in [4.78, 5) is 13.4. The number of hydrogen-bond donors (Lipinski definition) is 2. The summed E-state index contributed by atoms with van der Waals surface area (Å²) in [5, 5.41) is 15.8. The molecule has 0 aliphatic heterocycles. The molecule has 0 fully saturated rings. The number of aromatic amines is 1. The first-order valence-electron chi connectivity index (χ1n) is 5.40. The minimum atomic E-state index is -0.202. The van der Waals surface area contributed by atoms with E-state index in [0.29, 0.717) is 11.6 Å². The lowest BCUT2D eigenvalue weighted by atomic mass is 10.1. The number of aromatic nitrogens is 2. The molecule has 0 saturated carbocycles. The maximum atomic E-state index is 11.9. The second-order valence-electron chi connectivity index (χ2n) is 4.31. The molecule has 0 aliphatic carbocycles. The third-order valence-corrected chi connectivity index (χ3v) is 2.68. The highest BCUT2D eigenvalue weighted by atomic mass is 16.3. The Morgan fingerprint density at radius 1 is 1.56 bits per heavy atom. The molecule has 1 amide bonds. The van der Waals surface area contributed by atoms with E-state index >= 15 is 0 Å². The molecule has 0 spiro atoms. The van der Waals surface area contributed by atoms with Crippen LogP contribution in [0.2, 0.25) is 0 Å². The van der Waals surface area contributed by atoms with Crippen molar-refractivity contribution in [2.24, 2.45) is 0 Å². The predicted octanol–water partition coefficient (Wildman–Crippen LogP) is 0.986. The minimum Gasteiger partial charge on any atom is -0.394 e. The fourth-order valence-electron chi connectivity index (χ4n) is 1.25. The van der Waals surface area contributed by atoms with Crippen LogP contribution in [0.1, 0.15) is 42.9 Å². The highest BCUT2D eigenvalue weighted by molar-refractivity contribution is 5.92. The number of nitrogens with one attached hydrogen (secondary N) is 1. The lowest BCUT2D eigenvalue weighted by Gasteiger charge is -2.21. The molecule has 2 N–H and O–H groups in total. The van der Waals surface area contributed by atoms with Gasteiger partial charge in [0.2, 0.25) is 0 Å². The van der Waals surface area contributed by atoms with E-state index in [4.69, 9.17) is 5.11 Å². The van der Waals surface area contributed by atoms with Crippen molar-refractivity contribution >= 4 is 5.91 Å². The monoisotopic (exact) mass is 225 g/mol. The first kappa shape index (κ1) is 12.7. The zero-order chi connectivity index (χ0) is 12.3. The first-order chi connectivity index (χ1) is 7.47. The van der Waals surface area contributed by atoms with Crippen molar-refractivity contribution in [2.45, 2.75) is 32.7 Å². The fraction of sp³-hybridized carbons (Fsp3) is 0.636. The van der Waals surface area contributed by atoms with Crippen molar-refractivity contribution in [3.05, 3.63) is 17.5 Å². The number of H-pyrrole nitrogens is 1. The van der Waals surface area contributed by atoms with Gasteiger partial charge in [0.1, 0.15) is 5.69 Å². The maximum absolute atomic E-state index is 11.9. The second-order valence-corrected chi connectivity index (χ2v) is 4.31. The molecule has 0 aromatic carbocycles. The van der Waals surface area contributed by atoms with Gasteiger partial charge >= 0.3 is 0 Å². The number of aliphatic hydroxyl groups is 1. The number of hydrogen-bond acceptors (Lipinski definition) is 3. The lowest BCUT2D eigenvalue weighted by molar-refractivity contribution is 0.0676. The summed E-state index contributed by atoms with van der Waals surface area (Å²) in [5.41, 5.74) is 1.33. The van der Waals surface area contributed by atoms with Crippen molar-refractivity contribution in [3.63, 3.8) is 0 Å². The van der Waals surface area contributed by atoms with Crippen LogP contribution >= 0.6 is 0 Å². The highest BCUT2D eigenvalue weighted by Crippen LogP contribution is 2.13. The van der Waals surface area contributed by atoms with Crippen LogP contribution in [0.4, 0.5) is 0 Å². The van der Waals surface area contributed by atoms with Gasteiger partial charge in [-0.25, -0.2) is 0 Å². The summed E-state index contributed by atoms with van der Waals surface area (Å²) < 4.78 is 0. The Morgan fingerprint density at radius 3 is 2.62 bits per heavy atom. The molecule has 16 heavy (non-hydrogen) atoms. The second kappa shape index (κ2) is 5.12. The first-order valence-corrected chi connectivity index (χ1v) is 5.40. The van der Waals surface area contributed by atoms with Gasteiger partial charge < -0.3 is 10.0 Å². The van der Waals surface area contributed by atoms with Gasteiger partial charge in [-0.05, 0) is 18.9 Å². The summed E-state index contributed by atoms with van der Waals surface area (Å²) >= 11 is 0. The Morgan fingerprint density at radius 2 is 2.19 bits per heavy atom. The van der Waals surface area contributed by atoms with Crippen molar-refractivity contribution < 1.29 is 9.90 Å². The molecule has 0 radical (unpaired) electrons. The highest BCUT2D eigenvalue weighted by Gasteiger charge is 2.19. The van der Waals surface area contributed by atoms with E-state index in [1.54, 1.807) is 20.0 Å². The zero-order valence-electron chi connectivity index (χ0n) is 10.2. The number of nitrogens with zero attached hydrogens (tertiary/aromatic N) is 2. The van der Waals surface area contributed by atoms with Crippen LogP contribution in [0.15, 0.2) is 6.07 Å². The van der Waals surface area contributed by atoms with E-state index in [1.807, 2.05) is 13.8 Å². The van der Waals surface area contributed by atoms with Gasteiger partial charge in [-0.15, -0.1) is 0 Å². The molecule has 5 nitrogen and oxygen atoms in total. The van der Waals surface area contributed by atoms with Crippen molar-refractivity contribution in [1.82, 2.24) is 15.1 Å². The van der Waals surface area contributed by atoms with E-state index in [-0.39, 0.29) is 18.6 Å². The summed E-state index contributed by atoms with van der Waals surface area (Å²) in [6.07, 6.45) is 0. The average Bonchev–Trinajstić information content (AvgIpc) is 2.75. The van der Waals surface area contributed by atoms with Crippen molar-refractivity contribution in [1.29, 1.82) is 0 Å². The molecule has 1 unspecified atom stereocenters. The topological polar surface area (TPSA) is 69.2 Å². The van der Waals surface area contributed by atoms with Crippen LogP contribution in [-0.4, -0.2) is 45.8 Å². The van der Waals surface area contributed by atoms with Crippen LogP contribution in [0.3, 0.4) is 0 Å². The van der Waals surface area contributed by atoms with Gasteiger partial charge in [-0.1, -0.05) is 13.8 Å². The average molecular weight is 225 g/mol. The molecule has 5 heteroatoms. The normalized spacial score (nSPS) is 12.9. The predicted molar refractivity (Wildman–Crippen MR) is 61.3 cm³/mol. The van der Waals surface area contributed by atoms with Crippen LogP contribution in [-0.2, 0) is 0 Å². The van der Waals surface area contributed by atoms with E-state index in [1.165, 1.54) is 4.90 Å². The van der Waals surface area contributed by atoms with E-state index in [2.05, 4.69) is 10.2 Å². The summed E-state index contributed by atoms with van der Waals surface area (Å²) in [6.45, 7) is 5.79. The van der Waals surface area contributed by atoms with Gasteiger partial charge in [-0.3, -0.25) is 9.89 Å². The number of likely N-dealkylation sites (N-methyl/N-ethyl adjacent to an activating group) is 1. The third kappa shape index (κ3) is 2.61. The molecular formula is C11H19N3O2. The van der Waals surface area contributed by atoms with Gasteiger partial charge in [0.25, 0.3) is 5.91 Å². The molecular weight excluding hydrogens is 206 g/mol. The van der Waals surface area contributed by atoms with Crippen LogP contribution < -0.4 is 0 Å². The number of carbonyl (C=O) groups excluding carboxylic acids is 1. The van der Waals surface area contributed by atoms with Crippen molar-refractivity contribution in [2.75, 3.05) is 13.7 Å². The summed E-state index contributed by atoms with van der Waals surface area (Å²) in [6, 6.07) is 1.56. The number of aliphatic hydroxyl groups excluding tert-OH is 1. The SMILES string of the molecule is CC(C)c1cc(C(=O)N(C)C(C)CO)n[nH]1. The van der Waals surface area contributed by atoms with Crippen molar-refractivity contribution in [3.8, 4) is 0 Å². The lowest BCUT2D eigenvalue weighted by Crippen LogP contribution is -2.37. The summed E-state index contributed by atoms with van der Waals surface area (Å²) in [5.74, 6) is 0.138. The maximum Gasteiger partial charge on any atom is 0.274 e. The zero-order valence-corrected chi connectivity index (χ0v) is 10.2. The van der Waals surface area contributed by atoms with Gasteiger partial charge in [0, 0.05) is 12.7 Å². The molecule has 0 bridgehead atoms. The van der Waals surface area contributed by atoms with Crippen LogP contribution in [0, 0.1) is 0 Å². The molecule has 90 valence electrons. The number of amides is 1. The van der Waals surface area contributed by atoms with Gasteiger partial charge in [0.15, 0.2) is 0 Å². The Kier molecular flexibility index (Phi) is 4.06. The van der Waals surface area contributed by atoms with E-state index in [0.717, 1.165) is 5.69 Å². The van der Waals surface area contributed by atoms with Crippen LogP contribution in [0.25, 0.3) is 0 Å². The Hall–Kier alpha value is -1.36. The molecule has 1 heterocycles. The van der Waals surface area contributed by atoms with Gasteiger partial charge in [-0.2, -0.15) is 5.10 Å². The fourth-order valence-corrected chi connectivity index (χ4v) is 1.25. The largest absolute Gasteiger partial charge is 0.394 e. The quantitative estimate of drug-likeness (QED) is 0.802. The standard InChI is InChI=1S/C11H19N3O2/c1-7(2)9-5-10(13-12-9)11(16)14(4)8(3)6-15/h5,7-8,15H,6H2,1-4H3,(H,12,13). The molecule has 0 saturated heterocycles. The molecule has 1 atom stereocenters. The number of rotatable bonds is 4. The molecule has 1 rings (SSSR count). The smallest absolute Gasteiger partial charge is 0.274 e. The number of carbonyl (C=O) groups is 1. The Balaban J connectivity index is 2.80. The van der Waals surface area contributed by atoms with Crippen LogP contribution in [0.5, 0.6) is 0 Å². The summed E-state index contributed by atoms with van der Waals surface area (Å²) in [7, 11) is 1.66. The molecule has 1 aromatic heterocycles.